The van der Waals surface area contributed by atoms with Crippen molar-refractivity contribution >= 4 is 12.6 Å². The summed E-state index contributed by atoms with van der Waals surface area (Å²) in [7, 11) is 0. The van der Waals surface area contributed by atoms with Gasteiger partial charge in [-0.15, -0.1) is 0 Å². The molecular weight excluding hydrogens is 124 g/mol. The molecule has 0 aliphatic heterocycles. The standard InChI is InChI=1S/C3H8S.Fe/c1-2-3-4;/h4H,2-3H2,1H3;. The van der Waals surface area contributed by atoms with Crippen molar-refractivity contribution in [1.29, 1.82) is 0 Å². The van der Waals surface area contributed by atoms with Crippen LogP contribution in [0.2, 0.25) is 0 Å². The van der Waals surface area contributed by atoms with Gasteiger partial charge in [-0.25, -0.2) is 0 Å². The van der Waals surface area contributed by atoms with Gasteiger partial charge in [0.1, 0.15) is 0 Å². The molecule has 0 amide bonds. The van der Waals surface area contributed by atoms with Crippen molar-refractivity contribution in [3.8, 4) is 0 Å². The first-order valence-corrected chi connectivity index (χ1v) is 2.16. The topological polar surface area (TPSA) is 0 Å². The Hall–Kier alpha value is 0.869. The van der Waals surface area contributed by atoms with Crippen LogP contribution in [0.15, 0.2) is 0 Å². The SMILES string of the molecule is CCCS.[Fe]. The largest absolute Gasteiger partial charge is 0.179 e. The Balaban J connectivity index is 0. The Bertz CT molecular complexity index is 8.85. The maximum absolute atomic E-state index is 3.92. The molecule has 0 heterocycles. The molecule has 0 spiro atoms. The molecule has 34 valence electrons. The van der Waals surface area contributed by atoms with Gasteiger partial charge in [-0.2, -0.15) is 12.6 Å². The van der Waals surface area contributed by atoms with E-state index in [1.807, 2.05) is 0 Å². The summed E-state index contributed by atoms with van der Waals surface area (Å²) in [5.41, 5.74) is 0. The van der Waals surface area contributed by atoms with Crippen molar-refractivity contribution in [3.63, 3.8) is 0 Å². The Morgan fingerprint density at radius 1 is 1.60 bits per heavy atom. The van der Waals surface area contributed by atoms with Gasteiger partial charge in [0.2, 0.25) is 0 Å². The number of thiol groups is 1. The number of hydrogen-bond acceptors (Lipinski definition) is 1. The average molecular weight is 132 g/mol. The molecule has 0 aromatic rings. The monoisotopic (exact) mass is 132 g/mol. The molecule has 0 bridgehead atoms. The Kier molecular flexibility index (Phi) is 16.5. The minimum absolute atomic E-state index is 0. The summed E-state index contributed by atoms with van der Waals surface area (Å²) < 4.78 is 0. The second kappa shape index (κ2) is 8.85. The van der Waals surface area contributed by atoms with Gasteiger partial charge in [-0.1, -0.05) is 6.92 Å². The maximum atomic E-state index is 3.92. The molecule has 0 radical (unpaired) electrons. The van der Waals surface area contributed by atoms with Crippen molar-refractivity contribution in [2.45, 2.75) is 13.3 Å². The molecule has 2 heteroatoms. The molecule has 0 saturated carbocycles. The molecule has 0 saturated heterocycles. The first-order valence-electron chi connectivity index (χ1n) is 1.52. The fourth-order valence-electron chi connectivity index (χ4n) is 0. The molecular formula is C3H8FeS. The Labute approximate surface area is 49.2 Å². The zero-order valence-corrected chi connectivity index (χ0v) is 5.21. The summed E-state index contributed by atoms with van der Waals surface area (Å²) in [6, 6.07) is 0. The van der Waals surface area contributed by atoms with Crippen LogP contribution >= 0.6 is 12.6 Å². The minimum Gasteiger partial charge on any atom is -0.179 e. The molecule has 0 aromatic carbocycles. The smallest absolute Gasteiger partial charge is 0 e. The van der Waals surface area contributed by atoms with Gasteiger partial charge in [-0.3, -0.25) is 0 Å². The predicted molar refractivity (Wildman–Crippen MR) is 24.1 cm³/mol. The van der Waals surface area contributed by atoms with Crippen LogP contribution in [0.1, 0.15) is 13.3 Å². The van der Waals surface area contributed by atoms with E-state index in [2.05, 4.69) is 19.6 Å². The van der Waals surface area contributed by atoms with Gasteiger partial charge in [-0.05, 0) is 12.2 Å². The summed E-state index contributed by atoms with van der Waals surface area (Å²) in [5, 5.41) is 0. The molecule has 0 aliphatic rings. The van der Waals surface area contributed by atoms with Crippen LogP contribution in [0, 0.1) is 0 Å². The molecule has 5 heavy (non-hydrogen) atoms. The summed E-state index contributed by atoms with van der Waals surface area (Å²) in [6.07, 6.45) is 1.18. The van der Waals surface area contributed by atoms with Crippen molar-refractivity contribution in [1.82, 2.24) is 0 Å². The van der Waals surface area contributed by atoms with Crippen LogP contribution in [-0.4, -0.2) is 5.75 Å². The van der Waals surface area contributed by atoms with Gasteiger partial charge in [0.05, 0.1) is 0 Å². The molecule has 0 atom stereocenters. The molecule has 0 N–H and O–H groups in total. The fraction of sp³-hybridized carbons (Fsp3) is 1.00. The van der Waals surface area contributed by atoms with E-state index in [1.165, 1.54) is 6.42 Å². The van der Waals surface area contributed by atoms with Crippen molar-refractivity contribution in [2.24, 2.45) is 0 Å². The second-order valence-corrected chi connectivity index (χ2v) is 1.17. The molecule has 0 unspecified atom stereocenters. The third-order valence-electron chi connectivity index (χ3n) is 0.224. The summed E-state index contributed by atoms with van der Waals surface area (Å²) in [6.45, 7) is 2.10. The van der Waals surface area contributed by atoms with Crippen LogP contribution in [0.4, 0.5) is 0 Å². The second-order valence-electron chi connectivity index (χ2n) is 0.724. The normalized spacial score (nSPS) is 6.00. The van der Waals surface area contributed by atoms with Crippen molar-refractivity contribution in [2.75, 3.05) is 5.75 Å². The third-order valence-corrected chi connectivity index (χ3v) is 0.671. The molecule has 0 rings (SSSR count). The quantitative estimate of drug-likeness (QED) is 0.403. The summed E-state index contributed by atoms with van der Waals surface area (Å²) in [4.78, 5) is 0. The number of rotatable bonds is 1. The van der Waals surface area contributed by atoms with Crippen LogP contribution in [0.5, 0.6) is 0 Å². The van der Waals surface area contributed by atoms with Crippen LogP contribution < -0.4 is 0 Å². The van der Waals surface area contributed by atoms with E-state index in [0.29, 0.717) is 0 Å². The van der Waals surface area contributed by atoms with E-state index >= 15 is 0 Å². The van der Waals surface area contributed by atoms with Crippen LogP contribution in [0.3, 0.4) is 0 Å². The first-order chi connectivity index (χ1) is 1.91. The molecule has 0 aliphatic carbocycles. The predicted octanol–water partition coefficient (Wildman–Crippen LogP) is 1.32. The third kappa shape index (κ3) is 11.5. The van der Waals surface area contributed by atoms with Gasteiger partial charge in [0.15, 0.2) is 0 Å². The van der Waals surface area contributed by atoms with E-state index in [9.17, 15) is 0 Å². The fourth-order valence-corrected chi connectivity index (χ4v) is 0. The number of hydrogen-bond donors (Lipinski definition) is 1. The molecule has 0 nitrogen and oxygen atoms in total. The average Bonchev–Trinajstić information content (AvgIpc) is 1.37. The van der Waals surface area contributed by atoms with E-state index in [0.717, 1.165) is 5.75 Å². The first kappa shape index (κ1) is 9.30. The van der Waals surface area contributed by atoms with Crippen LogP contribution in [-0.2, 0) is 17.1 Å². The summed E-state index contributed by atoms with van der Waals surface area (Å²) >= 11 is 3.92. The van der Waals surface area contributed by atoms with E-state index in [1.54, 1.807) is 0 Å². The van der Waals surface area contributed by atoms with E-state index in [4.69, 9.17) is 0 Å². The van der Waals surface area contributed by atoms with E-state index in [-0.39, 0.29) is 17.1 Å². The Morgan fingerprint density at radius 2 is 1.80 bits per heavy atom. The van der Waals surface area contributed by atoms with Crippen molar-refractivity contribution in [3.05, 3.63) is 0 Å². The van der Waals surface area contributed by atoms with Gasteiger partial charge >= 0.3 is 0 Å². The van der Waals surface area contributed by atoms with Gasteiger partial charge in [0.25, 0.3) is 0 Å². The molecule has 0 fully saturated rings. The van der Waals surface area contributed by atoms with E-state index < -0.39 is 0 Å². The van der Waals surface area contributed by atoms with Crippen LogP contribution in [0.25, 0.3) is 0 Å². The molecule has 0 aromatic heterocycles. The minimum atomic E-state index is 0. The zero-order chi connectivity index (χ0) is 3.41. The Morgan fingerprint density at radius 3 is 1.80 bits per heavy atom. The maximum Gasteiger partial charge on any atom is 0 e. The van der Waals surface area contributed by atoms with Gasteiger partial charge < -0.3 is 0 Å². The zero-order valence-electron chi connectivity index (χ0n) is 3.21. The summed E-state index contributed by atoms with van der Waals surface area (Å²) in [5.74, 6) is 1.01. The van der Waals surface area contributed by atoms with Crippen molar-refractivity contribution < 1.29 is 17.1 Å². The van der Waals surface area contributed by atoms with Gasteiger partial charge in [0, 0.05) is 17.1 Å².